The Balaban J connectivity index is 1.72. The summed E-state index contributed by atoms with van der Waals surface area (Å²) in [6.07, 6.45) is 0.525. The molecule has 30 heavy (non-hydrogen) atoms. The molecule has 2 N–H and O–H groups in total. The fourth-order valence-electron chi connectivity index (χ4n) is 3.07. The number of para-hydroxylation sites is 1. The number of anilines is 1. The van der Waals surface area contributed by atoms with Gasteiger partial charge < -0.3 is 10.3 Å². The highest BCUT2D eigenvalue weighted by Gasteiger charge is 2.19. The van der Waals surface area contributed by atoms with E-state index < -0.39 is 0 Å². The van der Waals surface area contributed by atoms with Crippen LogP contribution in [0.1, 0.15) is 21.9 Å². The Bertz CT molecular complexity index is 1190. The van der Waals surface area contributed by atoms with Crippen molar-refractivity contribution in [2.75, 3.05) is 5.32 Å². The number of H-pyrrole nitrogens is 1. The number of nitrogens with zero attached hydrogens (tertiary/aromatic N) is 1. The van der Waals surface area contributed by atoms with Crippen molar-refractivity contribution >= 4 is 46.4 Å². The molecule has 4 nitrogen and oxygen atoms in total. The molecule has 0 saturated heterocycles. The van der Waals surface area contributed by atoms with Crippen molar-refractivity contribution in [2.24, 2.45) is 0 Å². The molecule has 0 aliphatic rings. The third-order valence-corrected chi connectivity index (χ3v) is 5.31. The topological polar surface area (TPSA) is 57.8 Å². The molecule has 1 aromatic heterocycles. The predicted octanol–water partition coefficient (Wildman–Crippen LogP) is 6.88. The Morgan fingerprint density at radius 3 is 2.30 bits per heavy atom. The van der Waals surface area contributed by atoms with Crippen molar-refractivity contribution in [3.8, 4) is 11.3 Å². The SMILES string of the molecule is O=C(Nc1ccccc1)c1nc(-c2ccc(Cl)cc2Cl)c(Cc2ccc(Cl)cc2)[nH]1. The fraction of sp³-hybridized carbons (Fsp3) is 0.0435. The second-order valence-electron chi connectivity index (χ2n) is 6.66. The molecule has 0 bridgehead atoms. The van der Waals surface area contributed by atoms with Gasteiger partial charge in [-0.3, -0.25) is 4.79 Å². The van der Waals surface area contributed by atoms with Gasteiger partial charge in [-0.15, -0.1) is 0 Å². The number of halogens is 3. The molecule has 0 aliphatic heterocycles. The van der Waals surface area contributed by atoms with Crippen LogP contribution >= 0.6 is 34.8 Å². The van der Waals surface area contributed by atoms with Crippen LogP contribution in [-0.4, -0.2) is 15.9 Å². The summed E-state index contributed by atoms with van der Waals surface area (Å²) in [6, 6.07) is 21.9. The number of hydrogen-bond donors (Lipinski definition) is 2. The van der Waals surface area contributed by atoms with Gasteiger partial charge in [0.25, 0.3) is 5.91 Å². The molecule has 0 unspecified atom stereocenters. The summed E-state index contributed by atoms with van der Waals surface area (Å²) in [6.45, 7) is 0. The number of benzene rings is 3. The van der Waals surface area contributed by atoms with Crippen LogP contribution < -0.4 is 5.32 Å². The van der Waals surface area contributed by atoms with Gasteiger partial charge in [-0.25, -0.2) is 4.98 Å². The maximum Gasteiger partial charge on any atom is 0.291 e. The summed E-state index contributed by atoms with van der Waals surface area (Å²) in [5.41, 5.74) is 3.76. The van der Waals surface area contributed by atoms with E-state index in [4.69, 9.17) is 34.8 Å². The smallest absolute Gasteiger partial charge is 0.291 e. The van der Waals surface area contributed by atoms with E-state index in [1.807, 2.05) is 54.6 Å². The molecule has 4 aromatic rings. The number of carbonyl (C=O) groups is 1. The number of amides is 1. The minimum absolute atomic E-state index is 0.198. The van der Waals surface area contributed by atoms with Crippen LogP contribution in [0.25, 0.3) is 11.3 Å². The quantitative estimate of drug-likeness (QED) is 0.344. The molecule has 0 spiro atoms. The molecule has 0 radical (unpaired) electrons. The highest BCUT2D eigenvalue weighted by Crippen LogP contribution is 2.32. The average molecular weight is 457 g/mol. The van der Waals surface area contributed by atoms with Crippen LogP contribution in [-0.2, 0) is 6.42 Å². The molecule has 0 atom stereocenters. The molecule has 150 valence electrons. The molecular formula is C23H16Cl3N3O. The van der Waals surface area contributed by atoms with Crippen molar-refractivity contribution in [1.82, 2.24) is 9.97 Å². The van der Waals surface area contributed by atoms with E-state index in [-0.39, 0.29) is 11.7 Å². The Morgan fingerprint density at radius 1 is 0.900 bits per heavy atom. The number of nitrogens with one attached hydrogen (secondary N) is 2. The van der Waals surface area contributed by atoms with Gasteiger partial charge in [0.05, 0.1) is 10.7 Å². The third-order valence-electron chi connectivity index (χ3n) is 4.51. The highest BCUT2D eigenvalue weighted by molar-refractivity contribution is 6.36. The van der Waals surface area contributed by atoms with Crippen LogP contribution in [0.4, 0.5) is 5.69 Å². The molecule has 0 aliphatic carbocycles. The number of carbonyl (C=O) groups excluding carboxylic acids is 1. The zero-order chi connectivity index (χ0) is 21.1. The first-order valence-corrected chi connectivity index (χ1v) is 10.3. The first-order valence-electron chi connectivity index (χ1n) is 9.15. The van der Waals surface area contributed by atoms with Gasteiger partial charge in [0.2, 0.25) is 0 Å². The standard InChI is InChI=1S/C23H16Cl3N3O/c24-15-8-6-14(7-9-15)12-20-21(18-11-10-16(25)13-19(18)26)29-22(28-20)23(30)27-17-4-2-1-3-5-17/h1-11,13H,12H2,(H,27,30)(H,28,29). The van der Waals surface area contributed by atoms with Crippen LogP contribution in [0.15, 0.2) is 72.8 Å². The molecule has 3 aromatic carbocycles. The van der Waals surface area contributed by atoms with Crippen LogP contribution in [0, 0.1) is 0 Å². The summed E-state index contributed by atoms with van der Waals surface area (Å²) in [5, 5.41) is 4.49. The summed E-state index contributed by atoms with van der Waals surface area (Å²) in [5.74, 6) is -0.140. The van der Waals surface area contributed by atoms with Crippen LogP contribution in [0.3, 0.4) is 0 Å². The highest BCUT2D eigenvalue weighted by atomic mass is 35.5. The van der Waals surface area contributed by atoms with Crippen molar-refractivity contribution in [1.29, 1.82) is 0 Å². The van der Waals surface area contributed by atoms with E-state index in [9.17, 15) is 4.79 Å². The first kappa shape index (κ1) is 20.5. The molecule has 7 heteroatoms. The van der Waals surface area contributed by atoms with Crippen molar-refractivity contribution < 1.29 is 4.79 Å². The van der Waals surface area contributed by atoms with E-state index in [2.05, 4.69) is 15.3 Å². The van der Waals surface area contributed by atoms with Crippen molar-refractivity contribution in [3.05, 3.63) is 105 Å². The van der Waals surface area contributed by atoms with Crippen LogP contribution in [0.5, 0.6) is 0 Å². The van der Waals surface area contributed by atoms with Gasteiger partial charge in [0.1, 0.15) is 0 Å². The summed E-state index contributed by atoms with van der Waals surface area (Å²) >= 11 is 18.5. The Labute approximate surface area is 188 Å². The average Bonchev–Trinajstić information content (AvgIpc) is 3.14. The second-order valence-corrected chi connectivity index (χ2v) is 7.94. The zero-order valence-corrected chi connectivity index (χ0v) is 17.9. The van der Waals surface area contributed by atoms with E-state index in [0.717, 1.165) is 11.3 Å². The second kappa shape index (κ2) is 8.92. The molecular weight excluding hydrogens is 441 g/mol. The number of hydrogen-bond acceptors (Lipinski definition) is 2. The van der Waals surface area contributed by atoms with Gasteiger partial charge in [-0.1, -0.05) is 65.1 Å². The third kappa shape index (κ3) is 4.68. The summed E-state index contributed by atoms with van der Waals surface area (Å²) in [4.78, 5) is 20.5. The first-order chi connectivity index (χ1) is 14.5. The van der Waals surface area contributed by atoms with Crippen molar-refractivity contribution in [2.45, 2.75) is 6.42 Å². The summed E-state index contributed by atoms with van der Waals surface area (Å²) < 4.78 is 0. The van der Waals surface area contributed by atoms with Gasteiger partial charge in [-0.2, -0.15) is 0 Å². The Hall–Kier alpha value is -2.79. The largest absolute Gasteiger partial charge is 0.337 e. The van der Waals surface area contributed by atoms with Crippen molar-refractivity contribution in [3.63, 3.8) is 0 Å². The number of rotatable bonds is 5. The predicted molar refractivity (Wildman–Crippen MR) is 123 cm³/mol. The number of imidazole rings is 1. The lowest BCUT2D eigenvalue weighted by molar-refractivity contribution is 0.101. The number of aromatic nitrogens is 2. The lowest BCUT2D eigenvalue weighted by Gasteiger charge is -2.06. The van der Waals surface area contributed by atoms with Gasteiger partial charge >= 0.3 is 0 Å². The molecule has 1 heterocycles. The molecule has 1 amide bonds. The Kier molecular flexibility index (Phi) is 6.09. The fourth-order valence-corrected chi connectivity index (χ4v) is 3.69. The normalized spacial score (nSPS) is 10.8. The zero-order valence-electron chi connectivity index (χ0n) is 15.6. The Morgan fingerprint density at radius 2 is 1.60 bits per heavy atom. The monoisotopic (exact) mass is 455 g/mol. The van der Waals surface area contributed by atoms with E-state index >= 15 is 0 Å². The molecule has 0 fully saturated rings. The van der Waals surface area contributed by atoms with Crippen LogP contribution in [0.2, 0.25) is 15.1 Å². The minimum atomic E-state index is -0.338. The molecule has 4 rings (SSSR count). The maximum atomic E-state index is 12.8. The lowest BCUT2D eigenvalue weighted by Crippen LogP contribution is -2.13. The van der Waals surface area contributed by atoms with E-state index in [1.54, 1.807) is 18.2 Å². The lowest BCUT2D eigenvalue weighted by atomic mass is 10.0. The van der Waals surface area contributed by atoms with E-state index in [1.165, 1.54) is 0 Å². The molecule has 0 saturated carbocycles. The summed E-state index contributed by atoms with van der Waals surface area (Å²) in [7, 11) is 0. The number of aromatic amines is 1. The van der Waals surface area contributed by atoms with Gasteiger partial charge in [0.15, 0.2) is 5.82 Å². The van der Waals surface area contributed by atoms with Gasteiger partial charge in [-0.05, 0) is 48.0 Å². The van der Waals surface area contributed by atoms with Gasteiger partial charge in [0, 0.05) is 33.4 Å². The van der Waals surface area contributed by atoms with E-state index in [0.29, 0.717) is 38.4 Å². The minimum Gasteiger partial charge on any atom is -0.337 e. The maximum absolute atomic E-state index is 12.8.